The number of amides is 1. The standard InChI is InChI=1S/C18H21N5O2S/c1-13-11-26-17-16(13)18(25)23-10-9-22(7-4-14(23)20-17)15(24)3-2-6-21-8-5-19-12-21/h5,8,11-12H,2-4,6-7,9-10H2,1H3. The second kappa shape index (κ2) is 7.03. The summed E-state index contributed by atoms with van der Waals surface area (Å²) in [7, 11) is 0. The predicted molar refractivity (Wildman–Crippen MR) is 100 cm³/mol. The average Bonchev–Trinajstić information content (AvgIpc) is 3.20. The lowest BCUT2D eigenvalue weighted by Gasteiger charge is -2.19. The number of aryl methyl sites for hydroxylation is 2. The monoisotopic (exact) mass is 371 g/mol. The average molecular weight is 371 g/mol. The molecule has 1 amide bonds. The number of thiophene rings is 1. The first-order valence-electron chi connectivity index (χ1n) is 8.84. The third-order valence-electron chi connectivity index (χ3n) is 4.87. The zero-order valence-electron chi connectivity index (χ0n) is 14.7. The van der Waals surface area contributed by atoms with Gasteiger partial charge >= 0.3 is 0 Å². The van der Waals surface area contributed by atoms with Crippen molar-refractivity contribution in [3.05, 3.63) is 45.8 Å². The molecule has 136 valence electrons. The number of hydrogen-bond acceptors (Lipinski definition) is 5. The van der Waals surface area contributed by atoms with Crippen molar-refractivity contribution in [2.45, 2.75) is 39.3 Å². The van der Waals surface area contributed by atoms with E-state index in [0.29, 0.717) is 32.5 Å². The molecule has 0 fully saturated rings. The third-order valence-corrected chi connectivity index (χ3v) is 5.86. The fourth-order valence-electron chi connectivity index (χ4n) is 3.43. The van der Waals surface area contributed by atoms with Crippen LogP contribution in [0, 0.1) is 6.92 Å². The van der Waals surface area contributed by atoms with Gasteiger partial charge in [0.25, 0.3) is 5.56 Å². The molecular weight excluding hydrogens is 350 g/mol. The van der Waals surface area contributed by atoms with E-state index in [0.717, 1.165) is 34.6 Å². The lowest BCUT2D eigenvalue weighted by molar-refractivity contribution is -0.131. The SMILES string of the molecule is Cc1csc2nc3n(c(=O)c12)CCN(C(=O)CCCn1ccnc1)CC3. The van der Waals surface area contributed by atoms with Gasteiger partial charge in [0, 0.05) is 51.4 Å². The van der Waals surface area contributed by atoms with Crippen molar-refractivity contribution in [2.75, 3.05) is 13.1 Å². The summed E-state index contributed by atoms with van der Waals surface area (Å²) in [5.41, 5.74) is 1.01. The Morgan fingerprint density at radius 1 is 1.31 bits per heavy atom. The molecule has 0 aromatic carbocycles. The van der Waals surface area contributed by atoms with Crippen molar-refractivity contribution in [2.24, 2.45) is 0 Å². The summed E-state index contributed by atoms with van der Waals surface area (Å²) in [4.78, 5) is 36.7. The molecule has 1 aliphatic rings. The van der Waals surface area contributed by atoms with Crippen molar-refractivity contribution in [3.63, 3.8) is 0 Å². The van der Waals surface area contributed by atoms with Crippen LogP contribution in [0.15, 0.2) is 28.9 Å². The number of nitrogens with zero attached hydrogens (tertiary/aromatic N) is 5. The molecule has 7 nitrogen and oxygen atoms in total. The summed E-state index contributed by atoms with van der Waals surface area (Å²) in [6.45, 7) is 4.43. The normalized spacial score (nSPS) is 14.4. The first kappa shape index (κ1) is 17.0. The summed E-state index contributed by atoms with van der Waals surface area (Å²) in [5.74, 6) is 0.932. The molecule has 0 saturated carbocycles. The van der Waals surface area contributed by atoms with Crippen molar-refractivity contribution < 1.29 is 4.79 Å². The lowest BCUT2D eigenvalue weighted by Crippen LogP contribution is -2.34. The number of aromatic nitrogens is 4. The molecule has 4 heterocycles. The number of fused-ring (bicyclic) bond motifs is 2. The first-order valence-corrected chi connectivity index (χ1v) is 9.72. The molecule has 0 unspecified atom stereocenters. The first-order chi connectivity index (χ1) is 12.6. The molecule has 0 atom stereocenters. The van der Waals surface area contributed by atoms with E-state index in [9.17, 15) is 9.59 Å². The molecular formula is C18H21N5O2S. The second-order valence-corrected chi connectivity index (χ2v) is 7.48. The van der Waals surface area contributed by atoms with Gasteiger partial charge in [-0.3, -0.25) is 14.2 Å². The maximum Gasteiger partial charge on any atom is 0.262 e. The van der Waals surface area contributed by atoms with Crippen LogP contribution in [0.2, 0.25) is 0 Å². The van der Waals surface area contributed by atoms with Crippen molar-refractivity contribution >= 4 is 27.5 Å². The van der Waals surface area contributed by atoms with Gasteiger partial charge in [0.2, 0.25) is 5.91 Å². The van der Waals surface area contributed by atoms with Gasteiger partial charge in [-0.25, -0.2) is 9.97 Å². The largest absolute Gasteiger partial charge is 0.340 e. The Morgan fingerprint density at radius 3 is 3.00 bits per heavy atom. The van der Waals surface area contributed by atoms with Crippen LogP contribution in [0.1, 0.15) is 24.2 Å². The van der Waals surface area contributed by atoms with E-state index in [1.54, 1.807) is 17.1 Å². The summed E-state index contributed by atoms with van der Waals surface area (Å²) < 4.78 is 3.73. The molecule has 3 aromatic heterocycles. The highest BCUT2D eigenvalue weighted by atomic mass is 32.1. The molecule has 0 bridgehead atoms. The molecule has 0 spiro atoms. The molecule has 0 aliphatic carbocycles. The van der Waals surface area contributed by atoms with Crippen molar-refractivity contribution in [3.8, 4) is 0 Å². The maximum absolute atomic E-state index is 12.8. The van der Waals surface area contributed by atoms with Gasteiger partial charge in [0.1, 0.15) is 10.7 Å². The van der Waals surface area contributed by atoms with E-state index in [2.05, 4.69) is 9.97 Å². The molecule has 0 radical (unpaired) electrons. The van der Waals surface area contributed by atoms with Gasteiger partial charge in [-0.05, 0) is 24.3 Å². The van der Waals surface area contributed by atoms with E-state index in [-0.39, 0.29) is 11.5 Å². The number of carbonyl (C=O) groups excluding carboxylic acids is 1. The fourth-order valence-corrected chi connectivity index (χ4v) is 4.36. The minimum absolute atomic E-state index is 0.0261. The molecule has 26 heavy (non-hydrogen) atoms. The van der Waals surface area contributed by atoms with Gasteiger partial charge < -0.3 is 9.47 Å². The highest BCUT2D eigenvalue weighted by molar-refractivity contribution is 7.16. The van der Waals surface area contributed by atoms with Gasteiger partial charge in [-0.2, -0.15) is 0 Å². The summed E-state index contributed by atoms with van der Waals surface area (Å²) in [5, 5.41) is 2.70. The third kappa shape index (κ3) is 3.16. The zero-order chi connectivity index (χ0) is 18.1. The molecule has 0 saturated heterocycles. The van der Waals surface area contributed by atoms with Crippen LogP contribution >= 0.6 is 11.3 Å². The Balaban J connectivity index is 1.44. The lowest BCUT2D eigenvalue weighted by atomic mass is 10.2. The smallest absolute Gasteiger partial charge is 0.262 e. The van der Waals surface area contributed by atoms with E-state index in [1.807, 2.05) is 28.0 Å². The van der Waals surface area contributed by atoms with Crippen LogP contribution in [0.5, 0.6) is 0 Å². The van der Waals surface area contributed by atoms with Crippen LogP contribution in [0.3, 0.4) is 0 Å². The zero-order valence-corrected chi connectivity index (χ0v) is 15.5. The van der Waals surface area contributed by atoms with Gasteiger partial charge in [-0.1, -0.05) is 0 Å². The summed E-state index contributed by atoms with van der Waals surface area (Å²) >= 11 is 1.51. The molecule has 0 N–H and O–H groups in total. The minimum atomic E-state index is 0.0261. The van der Waals surface area contributed by atoms with Crippen LogP contribution in [-0.4, -0.2) is 43.0 Å². The Bertz CT molecular complexity index is 989. The molecule has 8 heteroatoms. The summed E-state index contributed by atoms with van der Waals surface area (Å²) in [6, 6.07) is 0. The molecule has 1 aliphatic heterocycles. The number of hydrogen-bond donors (Lipinski definition) is 0. The second-order valence-electron chi connectivity index (χ2n) is 6.62. The van der Waals surface area contributed by atoms with Crippen LogP contribution in [0.25, 0.3) is 10.2 Å². The highest BCUT2D eigenvalue weighted by Gasteiger charge is 2.21. The Morgan fingerprint density at radius 2 is 2.19 bits per heavy atom. The summed E-state index contributed by atoms with van der Waals surface area (Å²) in [6.07, 6.45) is 7.31. The number of carbonyl (C=O) groups is 1. The van der Waals surface area contributed by atoms with E-state index in [1.165, 1.54) is 11.3 Å². The Kier molecular flexibility index (Phi) is 4.58. The molecule has 3 aromatic rings. The van der Waals surface area contributed by atoms with Crippen LogP contribution in [0.4, 0.5) is 0 Å². The van der Waals surface area contributed by atoms with Gasteiger partial charge in [0.15, 0.2) is 0 Å². The van der Waals surface area contributed by atoms with Crippen LogP contribution in [-0.2, 0) is 24.3 Å². The van der Waals surface area contributed by atoms with Crippen LogP contribution < -0.4 is 5.56 Å². The van der Waals surface area contributed by atoms with E-state index < -0.39 is 0 Å². The molecule has 4 rings (SSSR count). The quantitative estimate of drug-likeness (QED) is 0.701. The van der Waals surface area contributed by atoms with Gasteiger partial charge in [-0.15, -0.1) is 11.3 Å². The Labute approximate surface area is 154 Å². The predicted octanol–water partition coefficient (Wildman–Crippen LogP) is 1.83. The topological polar surface area (TPSA) is 73.0 Å². The minimum Gasteiger partial charge on any atom is -0.340 e. The maximum atomic E-state index is 12.8. The number of imidazole rings is 1. The van der Waals surface area contributed by atoms with Gasteiger partial charge in [0.05, 0.1) is 11.7 Å². The number of rotatable bonds is 4. The van der Waals surface area contributed by atoms with E-state index >= 15 is 0 Å². The van der Waals surface area contributed by atoms with Crippen molar-refractivity contribution in [1.29, 1.82) is 0 Å². The van der Waals surface area contributed by atoms with Crippen molar-refractivity contribution in [1.82, 2.24) is 24.0 Å². The fraction of sp³-hybridized carbons (Fsp3) is 0.444. The van der Waals surface area contributed by atoms with E-state index in [4.69, 9.17) is 0 Å². The Hall–Kier alpha value is -2.48. The highest BCUT2D eigenvalue weighted by Crippen LogP contribution is 2.21.